The van der Waals surface area contributed by atoms with Crippen molar-refractivity contribution in [2.45, 2.75) is 20.0 Å². The molecule has 0 aliphatic carbocycles. The Kier molecular flexibility index (Phi) is 5.64. The molecular weight excluding hydrogens is 368 g/mol. The molecule has 1 aliphatic heterocycles. The maximum atomic E-state index is 12.1. The van der Waals surface area contributed by atoms with Gasteiger partial charge in [-0.1, -0.05) is 24.3 Å². The third-order valence-corrected chi connectivity index (χ3v) is 5.06. The van der Waals surface area contributed by atoms with Crippen molar-refractivity contribution in [3.63, 3.8) is 0 Å². The number of anilines is 2. The van der Waals surface area contributed by atoms with E-state index in [9.17, 15) is 4.79 Å². The first kappa shape index (κ1) is 18.9. The minimum Gasteiger partial charge on any atom is -0.368 e. The van der Waals surface area contributed by atoms with Crippen LogP contribution in [0, 0.1) is 6.92 Å². The van der Waals surface area contributed by atoms with Gasteiger partial charge in [-0.3, -0.25) is 4.79 Å². The van der Waals surface area contributed by atoms with Crippen molar-refractivity contribution < 1.29 is 4.79 Å². The van der Waals surface area contributed by atoms with Crippen molar-refractivity contribution in [1.82, 2.24) is 30.5 Å². The molecule has 0 saturated carbocycles. The molecule has 2 aromatic heterocycles. The molecule has 9 nitrogen and oxygen atoms in total. The Morgan fingerprint density at radius 2 is 1.86 bits per heavy atom. The smallest absolute Gasteiger partial charge is 0.243 e. The van der Waals surface area contributed by atoms with E-state index in [2.05, 4.69) is 66.7 Å². The van der Waals surface area contributed by atoms with Gasteiger partial charge in [0.1, 0.15) is 12.4 Å². The Morgan fingerprint density at radius 1 is 1.07 bits per heavy atom. The zero-order valence-electron chi connectivity index (χ0n) is 16.4. The number of nitrogens with zero attached hydrogens (tertiary/aromatic N) is 7. The summed E-state index contributed by atoms with van der Waals surface area (Å²) < 4.78 is 0. The van der Waals surface area contributed by atoms with Gasteiger partial charge in [0.15, 0.2) is 6.33 Å². The van der Waals surface area contributed by atoms with Gasteiger partial charge < -0.3 is 15.1 Å². The van der Waals surface area contributed by atoms with Crippen LogP contribution in [0.3, 0.4) is 0 Å². The number of hydrogen-bond acceptors (Lipinski definition) is 7. The number of carbonyl (C=O) groups is 1. The fraction of sp³-hybridized carbons (Fsp3) is 0.350. The van der Waals surface area contributed by atoms with Crippen LogP contribution in [0.2, 0.25) is 0 Å². The topological polar surface area (TPSA) is 92.1 Å². The van der Waals surface area contributed by atoms with E-state index >= 15 is 0 Å². The molecule has 4 rings (SSSR count). The largest absolute Gasteiger partial charge is 0.368 e. The molecule has 0 spiro atoms. The zero-order chi connectivity index (χ0) is 20.1. The Bertz CT molecular complexity index is 951. The lowest BCUT2D eigenvalue weighted by Crippen LogP contribution is -2.47. The number of para-hydroxylation sites is 1. The highest BCUT2D eigenvalue weighted by Gasteiger charge is 2.21. The third-order valence-electron chi connectivity index (χ3n) is 5.06. The maximum Gasteiger partial charge on any atom is 0.243 e. The highest BCUT2D eigenvalue weighted by atomic mass is 16.2. The molecule has 3 heterocycles. The van der Waals surface area contributed by atoms with Gasteiger partial charge in [-0.05, 0) is 29.8 Å². The van der Waals surface area contributed by atoms with Gasteiger partial charge in [0.2, 0.25) is 5.91 Å². The number of aromatic nitrogens is 5. The lowest BCUT2D eigenvalue weighted by molar-refractivity contribution is -0.122. The molecular formula is C20H24N8O. The predicted molar refractivity (Wildman–Crippen MR) is 110 cm³/mol. The number of pyridine rings is 1. The van der Waals surface area contributed by atoms with Gasteiger partial charge in [-0.2, -0.15) is 4.80 Å². The average Bonchev–Trinajstić information content (AvgIpc) is 3.26. The van der Waals surface area contributed by atoms with Gasteiger partial charge in [0.05, 0.1) is 0 Å². The Hall–Kier alpha value is -3.49. The molecule has 1 aromatic carbocycles. The van der Waals surface area contributed by atoms with Gasteiger partial charge in [-0.15, -0.1) is 10.2 Å². The normalized spacial score (nSPS) is 14.1. The summed E-state index contributed by atoms with van der Waals surface area (Å²) in [6.07, 6.45) is 3.11. The second kappa shape index (κ2) is 8.68. The zero-order valence-corrected chi connectivity index (χ0v) is 16.4. The number of hydrogen-bond donors (Lipinski definition) is 1. The number of piperazine rings is 1. The summed E-state index contributed by atoms with van der Waals surface area (Å²) in [6, 6.07) is 12.4. The van der Waals surface area contributed by atoms with E-state index in [1.54, 1.807) is 6.20 Å². The van der Waals surface area contributed by atoms with Gasteiger partial charge in [0, 0.05) is 50.2 Å². The quantitative estimate of drug-likeness (QED) is 0.670. The number of aryl methyl sites for hydroxylation is 1. The standard InChI is InChI=1S/C20H24N8O/c1-16-5-2-3-7-18(16)26-9-11-27(12-10-26)20-17(6-4-8-21-20)13-22-19(29)14-28-24-15-23-25-28/h2-8,15H,9-14H2,1H3,(H,22,29). The molecule has 0 radical (unpaired) electrons. The molecule has 1 aliphatic rings. The molecule has 1 saturated heterocycles. The predicted octanol–water partition coefficient (Wildman–Crippen LogP) is 1.02. The molecule has 1 fully saturated rings. The number of nitrogens with one attached hydrogen (secondary N) is 1. The summed E-state index contributed by atoms with van der Waals surface area (Å²) >= 11 is 0. The summed E-state index contributed by atoms with van der Waals surface area (Å²) in [6.45, 7) is 6.25. The molecule has 0 bridgehead atoms. The van der Waals surface area contributed by atoms with Crippen LogP contribution < -0.4 is 15.1 Å². The summed E-state index contributed by atoms with van der Waals surface area (Å²) in [5.74, 6) is 0.762. The van der Waals surface area contributed by atoms with Crippen molar-refractivity contribution in [2.75, 3.05) is 36.0 Å². The monoisotopic (exact) mass is 392 g/mol. The van der Waals surface area contributed by atoms with Crippen LogP contribution in [0.25, 0.3) is 0 Å². The average molecular weight is 392 g/mol. The molecule has 0 unspecified atom stereocenters. The van der Waals surface area contributed by atoms with Gasteiger partial charge in [0.25, 0.3) is 0 Å². The van der Waals surface area contributed by atoms with Crippen LogP contribution in [0.4, 0.5) is 11.5 Å². The molecule has 9 heteroatoms. The van der Waals surface area contributed by atoms with Crippen LogP contribution in [0.1, 0.15) is 11.1 Å². The second-order valence-electron chi connectivity index (χ2n) is 6.99. The van der Waals surface area contributed by atoms with Crippen molar-refractivity contribution in [3.8, 4) is 0 Å². The lowest BCUT2D eigenvalue weighted by Gasteiger charge is -2.38. The highest BCUT2D eigenvalue weighted by molar-refractivity contribution is 5.75. The van der Waals surface area contributed by atoms with Crippen molar-refractivity contribution in [1.29, 1.82) is 0 Å². The van der Waals surface area contributed by atoms with E-state index in [4.69, 9.17) is 0 Å². The van der Waals surface area contributed by atoms with Crippen LogP contribution in [-0.4, -0.2) is 57.3 Å². The van der Waals surface area contributed by atoms with Crippen molar-refractivity contribution in [2.24, 2.45) is 0 Å². The van der Waals surface area contributed by atoms with E-state index in [1.807, 2.05) is 12.1 Å². The minimum atomic E-state index is -0.165. The first-order valence-electron chi connectivity index (χ1n) is 9.67. The summed E-state index contributed by atoms with van der Waals surface area (Å²) in [5.41, 5.74) is 3.59. The number of tetrazole rings is 1. The van der Waals surface area contributed by atoms with Crippen LogP contribution in [0.15, 0.2) is 48.9 Å². The van der Waals surface area contributed by atoms with Crippen LogP contribution in [-0.2, 0) is 17.9 Å². The van der Waals surface area contributed by atoms with Crippen molar-refractivity contribution >= 4 is 17.4 Å². The molecule has 1 amide bonds. The third kappa shape index (κ3) is 4.50. The first-order valence-corrected chi connectivity index (χ1v) is 9.67. The van der Waals surface area contributed by atoms with E-state index in [-0.39, 0.29) is 12.5 Å². The first-order chi connectivity index (χ1) is 14.2. The van der Waals surface area contributed by atoms with E-state index in [0.717, 1.165) is 37.6 Å². The number of amides is 1. The second-order valence-corrected chi connectivity index (χ2v) is 6.99. The van der Waals surface area contributed by atoms with Crippen molar-refractivity contribution in [3.05, 3.63) is 60.0 Å². The molecule has 29 heavy (non-hydrogen) atoms. The van der Waals surface area contributed by atoms with E-state index in [0.29, 0.717) is 6.54 Å². The van der Waals surface area contributed by atoms with E-state index < -0.39 is 0 Å². The Morgan fingerprint density at radius 3 is 2.62 bits per heavy atom. The molecule has 150 valence electrons. The summed E-state index contributed by atoms with van der Waals surface area (Å²) in [5, 5.41) is 14.1. The SMILES string of the molecule is Cc1ccccc1N1CCN(c2ncccc2CNC(=O)Cn2ncnn2)CC1. The Labute approximate surface area is 169 Å². The number of rotatable bonds is 6. The van der Waals surface area contributed by atoms with E-state index in [1.165, 1.54) is 22.4 Å². The fourth-order valence-electron chi connectivity index (χ4n) is 3.57. The fourth-order valence-corrected chi connectivity index (χ4v) is 3.57. The number of benzene rings is 1. The molecule has 3 aromatic rings. The lowest BCUT2D eigenvalue weighted by atomic mass is 10.1. The molecule has 0 atom stereocenters. The van der Waals surface area contributed by atoms with Crippen LogP contribution in [0.5, 0.6) is 0 Å². The summed E-state index contributed by atoms with van der Waals surface area (Å²) in [7, 11) is 0. The number of carbonyl (C=O) groups excluding carboxylic acids is 1. The maximum absolute atomic E-state index is 12.1. The van der Waals surface area contributed by atoms with Gasteiger partial charge in [-0.25, -0.2) is 4.98 Å². The Balaban J connectivity index is 1.37. The minimum absolute atomic E-state index is 0.0463. The molecule has 1 N–H and O–H groups in total. The highest BCUT2D eigenvalue weighted by Crippen LogP contribution is 2.24. The van der Waals surface area contributed by atoms with Gasteiger partial charge >= 0.3 is 0 Å². The van der Waals surface area contributed by atoms with Crippen LogP contribution >= 0.6 is 0 Å². The summed E-state index contributed by atoms with van der Waals surface area (Å²) in [4.78, 5) is 22.7.